The van der Waals surface area contributed by atoms with Crippen LogP contribution in [0, 0.1) is 0 Å². The van der Waals surface area contributed by atoms with E-state index < -0.39 is 52.7 Å². The maximum absolute atomic E-state index is 12.6. The number of anilines is 2. The first-order chi connectivity index (χ1) is 8.67. The minimum atomic E-state index is -5.72. The quantitative estimate of drug-likeness (QED) is 0.564. The smallest absolute Gasteiger partial charge is 0.398 e. The summed E-state index contributed by atoms with van der Waals surface area (Å²) in [4.78, 5) is 0. The highest BCUT2D eigenvalue weighted by Crippen LogP contribution is 2.49. The first-order valence-electron chi connectivity index (χ1n) is 4.61. The van der Waals surface area contributed by atoms with Gasteiger partial charge in [-0.1, -0.05) is 0 Å². The van der Waals surface area contributed by atoms with Crippen LogP contribution >= 0.6 is 0 Å². The molecule has 1 aromatic rings. The van der Waals surface area contributed by atoms with Gasteiger partial charge in [0, 0.05) is 5.69 Å². The lowest BCUT2D eigenvalue weighted by Gasteiger charge is -2.22. The topological polar surface area (TPSA) is 52.0 Å². The predicted molar refractivity (Wildman–Crippen MR) is 50.3 cm³/mol. The molecular formula is C9H5F9N2. The molecule has 0 amide bonds. The molecule has 4 N–H and O–H groups in total. The molecule has 2 nitrogen and oxygen atoms in total. The molecule has 0 bridgehead atoms. The van der Waals surface area contributed by atoms with Crippen molar-refractivity contribution in [1.29, 1.82) is 0 Å². The van der Waals surface area contributed by atoms with Gasteiger partial charge < -0.3 is 11.5 Å². The molecule has 0 unspecified atom stereocenters. The van der Waals surface area contributed by atoms with E-state index in [1.165, 1.54) is 0 Å². The van der Waals surface area contributed by atoms with Crippen molar-refractivity contribution in [2.75, 3.05) is 11.5 Å². The Bertz CT molecular complexity index is 524. The summed E-state index contributed by atoms with van der Waals surface area (Å²) >= 11 is 0. The fraction of sp³-hybridized carbons (Fsp3) is 0.333. The second-order valence-corrected chi connectivity index (χ2v) is 3.67. The van der Waals surface area contributed by atoms with Crippen molar-refractivity contribution in [2.24, 2.45) is 0 Å². The van der Waals surface area contributed by atoms with Crippen molar-refractivity contribution in [3.63, 3.8) is 0 Å². The Labute approximate surface area is 105 Å². The molecule has 0 spiro atoms. The van der Waals surface area contributed by atoms with E-state index >= 15 is 0 Å². The van der Waals surface area contributed by atoms with E-state index in [4.69, 9.17) is 5.73 Å². The monoisotopic (exact) mass is 312 g/mol. The summed E-state index contributed by atoms with van der Waals surface area (Å²) in [5, 5.41) is 0. The average molecular weight is 312 g/mol. The van der Waals surface area contributed by atoms with Gasteiger partial charge in [-0.25, -0.2) is 0 Å². The number of hydrogen-bond acceptors (Lipinski definition) is 2. The van der Waals surface area contributed by atoms with Crippen molar-refractivity contribution < 1.29 is 39.5 Å². The lowest BCUT2D eigenvalue weighted by Crippen LogP contribution is -2.23. The minimum absolute atomic E-state index is 0.429. The maximum Gasteiger partial charge on any atom is 0.420 e. The van der Waals surface area contributed by atoms with Gasteiger partial charge in [-0.05, 0) is 6.07 Å². The van der Waals surface area contributed by atoms with E-state index in [0.717, 1.165) is 0 Å². The zero-order valence-electron chi connectivity index (χ0n) is 9.13. The van der Waals surface area contributed by atoms with Crippen LogP contribution in [0.5, 0.6) is 0 Å². The number of hydrogen-bond donors (Lipinski definition) is 2. The molecule has 1 aromatic carbocycles. The van der Waals surface area contributed by atoms with Crippen LogP contribution in [0.1, 0.15) is 16.7 Å². The maximum atomic E-state index is 12.6. The molecule has 20 heavy (non-hydrogen) atoms. The average Bonchev–Trinajstić information content (AvgIpc) is 2.09. The lowest BCUT2D eigenvalue weighted by atomic mass is 9.97. The minimum Gasteiger partial charge on any atom is -0.398 e. The fourth-order valence-electron chi connectivity index (χ4n) is 1.57. The molecule has 0 radical (unpaired) electrons. The van der Waals surface area contributed by atoms with Crippen LogP contribution in [0.4, 0.5) is 50.9 Å². The molecule has 1 rings (SSSR count). The van der Waals surface area contributed by atoms with E-state index in [-0.39, 0.29) is 0 Å². The van der Waals surface area contributed by atoms with E-state index in [0.29, 0.717) is 0 Å². The van der Waals surface area contributed by atoms with E-state index in [1.807, 2.05) is 0 Å². The molecule has 0 aromatic heterocycles. The summed E-state index contributed by atoms with van der Waals surface area (Å²) in [7, 11) is 0. The standard InChI is InChI=1S/C9H5F9N2/c10-7(11,12)2-1-3(19)5(9(16,17)18)6(20)4(2)8(13,14)15/h1H,19-20H2. The molecule has 0 aliphatic rings. The molecule has 114 valence electrons. The molecule has 0 fully saturated rings. The van der Waals surface area contributed by atoms with Crippen molar-refractivity contribution in [1.82, 2.24) is 0 Å². The molecule has 0 aliphatic carbocycles. The van der Waals surface area contributed by atoms with Crippen LogP contribution in [0.2, 0.25) is 0 Å². The van der Waals surface area contributed by atoms with Crippen molar-refractivity contribution in [3.8, 4) is 0 Å². The van der Waals surface area contributed by atoms with Crippen LogP contribution in [0.15, 0.2) is 6.07 Å². The SMILES string of the molecule is Nc1cc(C(F)(F)F)c(C(F)(F)F)c(N)c1C(F)(F)F. The lowest BCUT2D eigenvalue weighted by molar-refractivity contribution is -0.162. The van der Waals surface area contributed by atoms with Gasteiger partial charge >= 0.3 is 18.5 Å². The molecule has 0 aliphatic heterocycles. The van der Waals surface area contributed by atoms with Gasteiger partial charge in [0.25, 0.3) is 0 Å². The first-order valence-corrected chi connectivity index (χ1v) is 4.61. The highest BCUT2D eigenvalue weighted by Gasteiger charge is 2.49. The summed E-state index contributed by atoms with van der Waals surface area (Å²) in [6, 6.07) is -0.429. The number of rotatable bonds is 0. The number of benzene rings is 1. The summed E-state index contributed by atoms with van der Waals surface area (Å²) < 4.78 is 113. The second-order valence-electron chi connectivity index (χ2n) is 3.67. The molecule has 0 atom stereocenters. The summed E-state index contributed by atoms with van der Waals surface area (Å²) in [6.45, 7) is 0. The predicted octanol–water partition coefficient (Wildman–Crippen LogP) is 3.91. The number of nitrogen functional groups attached to an aromatic ring is 2. The van der Waals surface area contributed by atoms with Crippen molar-refractivity contribution in [2.45, 2.75) is 18.5 Å². The normalized spacial score (nSPS) is 13.7. The van der Waals surface area contributed by atoms with Crippen LogP contribution < -0.4 is 11.5 Å². The molecular weight excluding hydrogens is 307 g/mol. The second kappa shape index (κ2) is 4.35. The molecule has 0 saturated carbocycles. The van der Waals surface area contributed by atoms with Crippen LogP contribution in [0.25, 0.3) is 0 Å². The van der Waals surface area contributed by atoms with Gasteiger partial charge in [-0.3, -0.25) is 0 Å². The Morgan fingerprint density at radius 1 is 0.650 bits per heavy atom. The summed E-state index contributed by atoms with van der Waals surface area (Å²) in [5.74, 6) is 0. The Balaban J connectivity index is 3.86. The zero-order valence-corrected chi connectivity index (χ0v) is 9.13. The van der Waals surface area contributed by atoms with Gasteiger partial charge in [0.15, 0.2) is 0 Å². The van der Waals surface area contributed by atoms with Crippen LogP contribution in [0.3, 0.4) is 0 Å². The van der Waals surface area contributed by atoms with Gasteiger partial charge in [-0.15, -0.1) is 0 Å². The van der Waals surface area contributed by atoms with Gasteiger partial charge in [-0.2, -0.15) is 39.5 Å². The largest absolute Gasteiger partial charge is 0.420 e. The summed E-state index contributed by atoms with van der Waals surface area (Å²) in [5.41, 5.74) is -1.36. The van der Waals surface area contributed by atoms with E-state index in [2.05, 4.69) is 5.73 Å². The summed E-state index contributed by atoms with van der Waals surface area (Å²) in [6.07, 6.45) is -16.7. The third-order valence-electron chi connectivity index (χ3n) is 2.27. The van der Waals surface area contributed by atoms with Crippen molar-refractivity contribution in [3.05, 3.63) is 22.8 Å². The Kier molecular flexibility index (Phi) is 3.53. The molecule has 0 heterocycles. The molecule has 0 saturated heterocycles. The fourth-order valence-corrected chi connectivity index (χ4v) is 1.57. The van der Waals surface area contributed by atoms with E-state index in [1.54, 1.807) is 0 Å². The number of nitrogens with two attached hydrogens (primary N) is 2. The van der Waals surface area contributed by atoms with Crippen LogP contribution in [-0.2, 0) is 18.5 Å². The highest BCUT2D eigenvalue weighted by atomic mass is 19.4. The highest BCUT2D eigenvalue weighted by molar-refractivity contribution is 5.70. The van der Waals surface area contributed by atoms with Gasteiger partial charge in [0.1, 0.15) is 5.56 Å². The zero-order chi connectivity index (χ0) is 16.1. The Morgan fingerprint density at radius 3 is 1.35 bits per heavy atom. The van der Waals surface area contributed by atoms with Gasteiger partial charge in [0.05, 0.1) is 16.8 Å². The first kappa shape index (κ1) is 16.2. The van der Waals surface area contributed by atoms with Crippen LogP contribution in [-0.4, -0.2) is 0 Å². The van der Waals surface area contributed by atoms with Gasteiger partial charge in [0.2, 0.25) is 0 Å². The molecule has 11 heteroatoms. The Morgan fingerprint density at radius 2 is 1.05 bits per heavy atom. The van der Waals surface area contributed by atoms with E-state index in [9.17, 15) is 39.5 Å². The number of alkyl halides is 9. The van der Waals surface area contributed by atoms with Crippen molar-refractivity contribution >= 4 is 11.4 Å². The third-order valence-corrected chi connectivity index (χ3v) is 2.27. The third kappa shape index (κ3) is 2.85. The number of halogens is 9. The Hall–Kier alpha value is -1.81.